The average molecular weight is 382 g/mol. The lowest BCUT2D eigenvalue weighted by atomic mass is 9.45. The van der Waals surface area contributed by atoms with Crippen molar-refractivity contribution < 1.29 is 9.90 Å². The molecule has 0 aromatic carbocycles. The molecule has 0 aromatic heterocycles. The fourth-order valence-corrected chi connectivity index (χ4v) is 8.30. The van der Waals surface area contributed by atoms with Crippen molar-refractivity contribution in [1.82, 2.24) is 4.90 Å². The van der Waals surface area contributed by atoms with E-state index in [2.05, 4.69) is 13.8 Å². The van der Waals surface area contributed by atoms with E-state index in [4.69, 9.17) is 11.6 Å². The molecule has 0 aliphatic heterocycles. The van der Waals surface area contributed by atoms with Crippen molar-refractivity contribution >= 4 is 17.5 Å². The molecule has 0 heterocycles. The predicted molar refractivity (Wildman–Crippen MR) is 105 cm³/mol. The van der Waals surface area contributed by atoms with Crippen molar-refractivity contribution in [2.75, 3.05) is 12.9 Å². The Labute approximate surface area is 163 Å². The number of nitrogens with zero attached hydrogens (tertiary/aromatic N) is 1. The lowest BCUT2D eigenvalue weighted by Crippen LogP contribution is -2.56. The van der Waals surface area contributed by atoms with E-state index in [0.717, 1.165) is 42.9 Å². The zero-order valence-electron chi connectivity index (χ0n) is 16.7. The summed E-state index contributed by atoms with van der Waals surface area (Å²) in [5.74, 6) is 3.28. The molecule has 3 nitrogen and oxygen atoms in total. The first-order valence-corrected chi connectivity index (χ1v) is 11.3. The Morgan fingerprint density at radius 3 is 2.46 bits per heavy atom. The number of hydrogen-bond donors (Lipinski definition) is 1. The summed E-state index contributed by atoms with van der Waals surface area (Å²) in [7, 11) is 1.97. The first-order chi connectivity index (χ1) is 12.3. The highest BCUT2D eigenvalue weighted by molar-refractivity contribution is 6.27. The van der Waals surface area contributed by atoms with Crippen LogP contribution in [0.1, 0.15) is 71.6 Å². The molecule has 4 fully saturated rings. The summed E-state index contributed by atoms with van der Waals surface area (Å²) in [4.78, 5) is 14.2. The Hall–Kier alpha value is -0.280. The van der Waals surface area contributed by atoms with Crippen LogP contribution in [0.25, 0.3) is 0 Å². The highest BCUT2D eigenvalue weighted by Crippen LogP contribution is 2.66. The Morgan fingerprint density at radius 2 is 1.73 bits per heavy atom. The molecule has 4 saturated carbocycles. The zero-order chi connectivity index (χ0) is 18.7. The van der Waals surface area contributed by atoms with Crippen LogP contribution in [0, 0.1) is 34.5 Å². The Bertz CT molecular complexity index is 568. The third-order valence-electron chi connectivity index (χ3n) is 9.56. The van der Waals surface area contributed by atoms with Gasteiger partial charge in [-0.05, 0) is 92.3 Å². The van der Waals surface area contributed by atoms with Crippen LogP contribution in [-0.2, 0) is 4.79 Å². The van der Waals surface area contributed by atoms with Crippen molar-refractivity contribution in [1.29, 1.82) is 0 Å². The highest BCUT2D eigenvalue weighted by Gasteiger charge is 2.60. The first kappa shape index (κ1) is 19.1. The maximum atomic E-state index is 12.2. The van der Waals surface area contributed by atoms with E-state index in [1.165, 1.54) is 38.5 Å². The first-order valence-electron chi connectivity index (χ1n) is 10.8. The second-order valence-electron chi connectivity index (χ2n) is 10.4. The lowest BCUT2D eigenvalue weighted by Gasteiger charge is -2.61. The van der Waals surface area contributed by atoms with Crippen LogP contribution in [0.4, 0.5) is 0 Å². The molecule has 8 atom stereocenters. The van der Waals surface area contributed by atoms with E-state index in [9.17, 15) is 9.90 Å². The number of rotatable bonds is 2. The van der Waals surface area contributed by atoms with Crippen LogP contribution in [0.15, 0.2) is 0 Å². The quantitative estimate of drug-likeness (QED) is 0.717. The minimum absolute atomic E-state index is 0.0652. The van der Waals surface area contributed by atoms with Gasteiger partial charge in [0, 0.05) is 13.1 Å². The SMILES string of the molecule is CN(C(=O)CCl)C1CCC2C3CCC4CC(O)CCC4(C)C3CCC21C. The molecule has 4 aliphatic carbocycles. The molecule has 148 valence electrons. The number of amides is 1. The van der Waals surface area contributed by atoms with E-state index in [0.29, 0.717) is 11.5 Å². The van der Waals surface area contributed by atoms with Crippen molar-refractivity contribution in [3.63, 3.8) is 0 Å². The van der Waals surface area contributed by atoms with Crippen molar-refractivity contribution in [2.24, 2.45) is 34.5 Å². The smallest absolute Gasteiger partial charge is 0.237 e. The molecular weight excluding hydrogens is 346 g/mol. The lowest BCUT2D eigenvalue weighted by molar-refractivity contribution is -0.140. The number of carbonyl (C=O) groups is 1. The molecule has 4 rings (SSSR count). The van der Waals surface area contributed by atoms with Crippen molar-refractivity contribution in [3.05, 3.63) is 0 Å². The topological polar surface area (TPSA) is 40.5 Å². The number of alkyl halides is 1. The molecule has 4 heteroatoms. The molecule has 1 amide bonds. The van der Waals surface area contributed by atoms with Crippen molar-refractivity contribution in [2.45, 2.75) is 83.8 Å². The summed E-state index contributed by atoms with van der Waals surface area (Å²) >= 11 is 5.85. The van der Waals surface area contributed by atoms with E-state index in [1.54, 1.807) is 0 Å². The number of fused-ring (bicyclic) bond motifs is 5. The number of aliphatic hydroxyl groups excluding tert-OH is 1. The van der Waals surface area contributed by atoms with Gasteiger partial charge in [-0.25, -0.2) is 0 Å². The van der Waals surface area contributed by atoms with Gasteiger partial charge in [-0.15, -0.1) is 11.6 Å². The second kappa shape index (κ2) is 6.65. The maximum absolute atomic E-state index is 12.2. The fourth-order valence-electron chi connectivity index (χ4n) is 8.11. The molecule has 0 saturated heterocycles. The number of hydrogen-bond acceptors (Lipinski definition) is 2. The Morgan fingerprint density at radius 1 is 1.04 bits per heavy atom. The fraction of sp³-hybridized carbons (Fsp3) is 0.955. The van der Waals surface area contributed by atoms with Crippen LogP contribution in [0.5, 0.6) is 0 Å². The molecule has 1 N–H and O–H groups in total. The second-order valence-corrected chi connectivity index (χ2v) is 10.6. The molecule has 0 spiro atoms. The molecule has 26 heavy (non-hydrogen) atoms. The minimum atomic E-state index is -0.0652. The summed E-state index contributed by atoms with van der Waals surface area (Å²) in [6.45, 7) is 5.00. The van der Waals surface area contributed by atoms with E-state index in [-0.39, 0.29) is 23.3 Å². The third kappa shape index (κ3) is 2.67. The normalized spacial score (nSPS) is 50.5. The number of carbonyl (C=O) groups excluding carboxylic acids is 1. The third-order valence-corrected chi connectivity index (χ3v) is 9.79. The van der Waals surface area contributed by atoms with Gasteiger partial charge >= 0.3 is 0 Å². The van der Waals surface area contributed by atoms with Gasteiger partial charge in [0.2, 0.25) is 5.91 Å². The van der Waals surface area contributed by atoms with Gasteiger partial charge in [0.1, 0.15) is 5.88 Å². The minimum Gasteiger partial charge on any atom is -0.393 e. The zero-order valence-corrected chi connectivity index (χ0v) is 17.5. The average Bonchev–Trinajstić information content (AvgIpc) is 2.98. The van der Waals surface area contributed by atoms with E-state index >= 15 is 0 Å². The van der Waals surface area contributed by atoms with Crippen LogP contribution < -0.4 is 0 Å². The van der Waals surface area contributed by atoms with Crippen molar-refractivity contribution in [3.8, 4) is 0 Å². The van der Waals surface area contributed by atoms with Crippen LogP contribution in [0.3, 0.4) is 0 Å². The molecule has 0 aromatic rings. The monoisotopic (exact) mass is 381 g/mol. The molecule has 4 aliphatic rings. The van der Waals surface area contributed by atoms with Gasteiger partial charge in [0.25, 0.3) is 0 Å². The summed E-state index contributed by atoms with van der Waals surface area (Å²) < 4.78 is 0. The predicted octanol–water partition coefficient (Wildman–Crippen LogP) is 4.46. The van der Waals surface area contributed by atoms with Crippen LogP contribution >= 0.6 is 11.6 Å². The van der Waals surface area contributed by atoms with Gasteiger partial charge in [-0.3, -0.25) is 4.79 Å². The van der Waals surface area contributed by atoms with Gasteiger partial charge < -0.3 is 10.0 Å². The number of aliphatic hydroxyl groups is 1. The summed E-state index contributed by atoms with van der Waals surface area (Å²) in [6.07, 6.45) is 10.7. The molecular formula is C22H36ClNO2. The van der Waals surface area contributed by atoms with Gasteiger partial charge in [-0.1, -0.05) is 13.8 Å². The summed E-state index contributed by atoms with van der Waals surface area (Å²) in [6, 6.07) is 0.360. The Balaban J connectivity index is 1.57. The highest BCUT2D eigenvalue weighted by atomic mass is 35.5. The summed E-state index contributed by atoms with van der Waals surface area (Å²) in [5.41, 5.74) is 0.689. The van der Waals surface area contributed by atoms with Gasteiger partial charge in [0.05, 0.1) is 6.10 Å². The van der Waals surface area contributed by atoms with Gasteiger partial charge in [-0.2, -0.15) is 0 Å². The largest absolute Gasteiger partial charge is 0.393 e. The Kier molecular flexibility index (Phi) is 4.88. The summed E-state index contributed by atoms with van der Waals surface area (Å²) in [5, 5.41) is 10.2. The molecule has 8 unspecified atom stereocenters. The maximum Gasteiger partial charge on any atom is 0.237 e. The molecule has 0 bridgehead atoms. The number of halogens is 1. The van der Waals surface area contributed by atoms with Crippen LogP contribution in [0.2, 0.25) is 0 Å². The van der Waals surface area contributed by atoms with Crippen LogP contribution in [-0.4, -0.2) is 41.0 Å². The van der Waals surface area contributed by atoms with Gasteiger partial charge in [0.15, 0.2) is 0 Å². The van der Waals surface area contributed by atoms with E-state index < -0.39 is 0 Å². The van der Waals surface area contributed by atoms with E-state index in [1.807, 2.05) is 11.9 Å². The molecule has 0 radical (unpaired) electrons. The standard InChI is InChI=1S/C22H36ClNO2/c1-21-10-8-15(25)12-14(21)4-5-16-17-6-7-19(24(3)20(26)13-23)22(17,2)11-9-18(16)21/h14-19,25H,4-13H2,1-3H3.